The molecule has 5 nitrogen and oxygen atoms in total. The number of anilines is 1. The van der Waals surface area contributed by atoms with E-state index in [2.05, 4.69) is 21.2 Å². The van der Waals surface area contributed by atoms with Crippen molar-refractivity contribution >= 4 is 27.6 Å². The second-order valence-electron chi connectivity index (χ2n) is 4.63. The van der Waals surface area contributed by atoms with E-state index in [1.54, 1.807) is 0 Å². The summed E-state index contributed by atoms with van der Waals surface area (Å²) < 4.78 is 0.970. The van der Waals surface area contributed by atoms with Gasteiger partial charge < -0.3 is 20.4 Å². The van der Waals surface area contributed by atoms with Gasteiger partial charge in [0.25, 0.3) is 0 Å². The Morgan fingerprint density at radius 2 is 1.80 bits per heavy atom. The standard InChI is InChI=1S/C14H21BrN2O3/c1-10-8-12(15)9-11(2)13(10)16-14(20)17(5-7-19)4-3-6-18/h8-9,18-19H,3-7H2,1-2H3,(H,16,20). The van der Waals surface area contributed by atoms with Crippen molar-refractivity contribution in [2.24, 2.45) is 0 Å². The van der Waals surface area contributed by atoms with Crippen LogP contribution in [0.4, 0.5) is 10.5 Å². The number of aliphatic hydroxyl groups is 2. The molecule has 1 aromatic rings. The summed E-state index contributed by atoms with van der Waals surface area (Å²) in [5.74, 6) is 0. The van der Waals surface area contributed by atoms with E-state index in [0.29, 0.717) is 13.0 Å². The summed E-state index contributed by atoms with van der Waals surface area (Å²) in [6.45, 7) is 4.44. The summed E-state index contributed by atoms with van der Waals surface area (Å²) in [5.41, 5.74) is 2.72. The van der Waals surface area contributed by atoms with E-state index in [1.807, 2.05) is 26.0 Å². The molecule has 1 rings (SSSR count). The highest BCUT2D eigenvalue weighted by molar-refractivity contribution is 9.10. The van der Waals surface area contributed by atoms with Gasteiger partial charge in [0.2, 0.25) is 0 Å². The molecule has 0 heterocycles. The molecule has 2 amide bonds. The first-order chi connectivity index (χ1) is 9.49. The summed E-state index contributed by atoms with van der Waals surface area (Å²) in [6, 6.07) is 3.61. The molecule has 112 valence electrons. The first-order valence-corrected chi connectivity index (χ1v) is 7.33. The summed E-state index contributed by atoms with van der Waals surface area (Å²) in [7, 11) is 0. The van der Waals surface area contributed by atoms with Crippen LogP contribution in [0.25, 0.3) is 0 Å². The van der Waals surface area contributed by atoms with E-state index >= 15 is 0 Å². The fourth-order valence-corrected chi connectivity index (χ4v) is 2.68. The fourth-order valence-electron chi connectivity index (χ4n) is 1.99. The number of urea groups is 1. The van der Waals surface area contributed by atoms with Gasteiger partial charge in [-0.1, -0.05) is 15.9 Å². The number of rotatable bonds is 6. The molecule has 0 spiro atoms. The molecule has 0 bridgehead atoms. The maximum absolute atomic E-state index is 12.2. The number of aliphatic hydroxyl groups excluding tert-OH is 2. The number of carbonyl (C=O) groups is 1. The smallest absolute Gasteiger partial charge is 0.321 e. The zero-order chi connectivity index (χ0) is 15.1. The molecular formula is C14H21BrN2O3. The van der Waals surface area contributed by atoms with Gasteiger partial charge in [0, 0.05) is 29.9 Å². The first kappa shape index (κ1) is 16.9. The Hall–Kier alpha value is -1.11. The minimum absolute atomic E-state index is 0.0194. The SMILES string of the molecule is Cc1cc(Br)cc(C)c1NC(=O)N(CCO)CCCO. The molecule has 0 radical (unpaired) electrons. The average Bonchev–Trinajstić information content (AvgIpc) is 2.38. The van der Waals surface area contributed by atoms with Crippen LogP contribution in [0.2, 0.25) is 0 Å². The molecule has 20 heavy (non-hydrogen) atoms. The molecule has 0 fully saturated rings. The predicted octanol–water partition coefficient (Wildman–Crippen LogP) is 2.27. The molecular weight excluding hydrogens is 324 g/mol. The largest absolute Gasteiger partial charge is 0.396 e. The Kier molecular flexibility index (Phi) is 6.98. The van der Waals surface area contributed by atoms with Crippen LogP contribution in [-0.2, 0) is 0 Å². The lowest BCUT2D eigenvalue weighted by atomic mass is 10.1. The third-order valence-corrected chi connectivity index (χ3v) is 3.43. The van der Waals surface area contributed by atoms with Crippen molar-refractivity contribution in [2.75, 3.05) is 31.6 Å². The van der Waals surface area contributed by atoms with Gasteiger partial charge in [-0.25, -0.2) is 4.79 Å². The molecule has 0 aromatic heterocycles. The maximum atomic E-state index is 12.2. The number of nitrogens with one attached hydrogen (secondary N) is 1. The van der Waals surface area contributed by atoms with Crippen LogP contribution in [0.5, 0.6) is 0 Å². The minimum Gasteiger partial charge on any atom is -0.396 e. The highest BCUT2D eigenvalue weighted by atomic mass is 79.9. The second-order valence-corrected chi connectivity index (χ2v) is 5.55. The van der Waals surface area contributed by atoms with Gasteiger partial charge in [-0.15, -0.1) is 0 Å². The van der Waals surface area contributed by atoms with Gasteiger partial charge in [-0.3, -0.25) is 0 Å². The van der Waals surface area contributed by atoms with Crippen LogP contribution in [0.1, 0.15) is 17.5 Å². The van der Waals surface area contributed by atoms with Crippen molar-refractivity contribution in [1.82, 2.24) is 4.90 Å². The lowest BCUT2D eigenvalue weighted by Crippen LogP contribution is -2.38. The Labute approximate surface area is 127 Å². The average molecular weight is 345 g/mol. The van der Waals surface area contributed by atoms with Crippen molar-refractivity contribution in [3.05, 3.63) is 27.7 Å². The Morgan fingerprint density at radius 3 is 2.30 bits per heavy atom. The predicted molar refractivity (Wildman–Crippen MR) is 83.0 cm³/mol. The van der Waals surface area contributed by atoms with Gasteiger partial charge in [-0.05, 0) is 43.5 Å². The number of hydrogen-bond acceptors (Lipinski definition) is 3. The van der Waals surface area contributed by atoms with Crippen LogP contribution in [0, 0.1) is 13.8 Å². The van der Waals surface area contributed by atoms with E-state index in [-0.39, 0.29) is 25.8 Å². The quantitative estimate of drug-likeness (QED) is 0.741. The molecule has 0 aliphatic carbocycles. The zero-order valence-electron chi connectivity index (χ0n) is 11.8. The second kappa shape index (κ2) is 8.24. The van der Waals surface area contributed by atoms with Crippen molar-refractivity contribution < 1.29 is 15.0 Å². The summed E-state index contributed by atoms with van der Waals surface area (Å²) >= 11 is 3.42. The molecule has 0 aliphatic heterocycles. The molecule has 0 unspecified atom stereocenters. The number of hydrogen-bond donors (Lipinski definition) is 3. The maximum Gasteiger partial charge on any atom is 0.321 e. The van der Waals surface area contributed by atoms with Gasteiger partial charge in [0.15, 0.2) is 0 Å². The van der Waals surface area contributed by atoms with E-state index in [0.717, 1.165) is 21.3 Å². The lowest BCUT2D eigenvalue weighted by Gasteiger charge is -2.23. The van der Waals surface area contributed by atoms with E-state index in [4.69, 9.17) is 10.2 Å². The number of benzene rings is 1. The number of carbonyl (C=O) groups excluding carboxylic acids is 1. The molecule has 6 heteroatoms. The van der Waals surface area contributed by atoms with Gasteiger partial charge in [0.1, 0.15) is 0 Å². The molecule has 3 N–H and O–H groups in total. The third kappa shape index (κ3) is 4.77. The third-order valence-electron chi connectivity index (χ3n) is 2.97. The summed E-state index contributed by atoms with van der Waals surface area (Å²) in [5, 5.41) is 20.7. The molecule has 0 saturated heterocycles. The topological polar surface area (TPSA) is 72.8 Å². The Balaban J connectivity index is 2.82. The number of amides is 2. The number of halogens is 1. The minimum atomic E-state index is -0.263. The highest BCUT2D eigenvalue weighted by Crippen LogP contribution is 2.25. The number of aryl methyl sites for hydroxylation is 2. The first-order valence-electron chi connectivity index (χ1n) is 6.54. The van der Waals surface area contributed by atoms with E-state index < -0.39 is 0 Å². The van der Waals surface area contributed by atoms with Crippen molar-refractivity contribution in [3.63, 3.8) is 0 Å². The zero-order valence-corrected chi connectivity index (χ0v) is 13.4. The van der Waals surface area contributed by atoms with Crippen LogP contribution in [0.15, 0.2) is 16.6 Å². The molecule has 0 aliphatic rings. The van der Waals surface area contributed by atoms with Crippen molar-refractivity contribution in [2.45, 2.75) is 20.3 Å². The van der Waals surface area contributed by atoms with Crippen molar-refractivity contribution in [3.8, 4) is 0 Å². The van der Waals surface area contributed by atoms with Crippen LogP contribution >= 0.6 is 15.9 Å². The van der Waals surface area contributed by atoms with Gasteiger partial charge >= 0.3 is 6.03 Å². The monoisotopic (exact) mass is 344 g/mol. The number of nitrogens with zero attached hydrogens (tertiary/aromatic N) is 1. The van der Waals surface area contributed by atoms with Crippen molar-refractivity contribution in [1.29, 1.82) is 0 Å². The molecule has 0 atom stereocenters. The molecule has 0 saturated carbocycles. The summed E-state index contributed by atoms with van der Waals surface area (Å²) in [6.07, 6.45) is 0.492. The molecule has 1 aromatic carbocycles. The van der Waals surface area contributed by atoms with E-state index in [9.17, 15) is 4.79 Å². The Bertz CT molecular complexity index is 443. The highest BCUT2D eigenvalue weighted by Gasteiger charge is 2.15. The summed E-state index contributed by atoms with van der Waals surface area (Å²) in [4.78, 5) is 13.7. The van der Waals surface area contributed by atoms with E-state index in [1.165, 1.54) is 4.90 Å². The lowest BCUT2D eigenvalue weighted by molar-refractivity contribution is 0.180. The van der Waals surface area contributed by atoms with Gasteiger partial charge in [0.05, 0.1) is 6.61 Å². The van der Waals surface area contributed by atoms with Gasteiger partial charge in [-0.2, -0.15) is 0 Å². The fraction of sp³-hybridized carbons (Fsp3) is 0.500. The van der Waals surface area contributed by atoms with Crippen LogP contribution in [-0.4, -0.2) is 47.4 Å². The Morgan fingerprint density at radius 1 is 1.20 bits per heavy atom. The van der Waals surface area contributed by atoms with Crippen LogP contribution in [0.3, 0.4) is 0 Å². The van der Waals surface area contributed by atoms with Crippen LogP contribution < -0.4 is 5.32 Å². The normalized spacial score (nSPS) is 10.4.